The van der Waals surface area contributed by atoms with Crippen LogP contribution >= 0.6 is 0 Å². The summed E-state index contributed by atoms with van der Waals surface area (Å²) in [6.45, 7) is 3.69. The summed E-state index contributed by atoms with van der Waals surface area (Å²) in [5.74, 6) is -0.811. The number of rotatable bonds is 6. The van der Waals surface area contributed by atoms with Gasteiger partial charge in [0.1, 0.15) is 0 Å². The third-order valence-electron chi connectivity index (χ3n) is 3.65. The Morgan fingerprint density at radius 3 is 2.54 bits per heavy atom. The largest absolute Gasteiger partial charge is 0.493 e. The molecule has 2 N–H and O–H groups in total. The molecule has 0 bridgehead atoms. The highest BCUT2D eigenvalue weighted by molar-refractivity contribution is 5.93. The van der Waals surface area contributed by atoms with E-state index >= 15 is 0 Å². The second kappa shape index (κ2) is 7.50. The zero-order valence-corrected chi connectivity index (χ0v) is 13.8. The SMILES string of the molecule is COc1cc(C(=O)O)ccc1OCC(=O)Nc1cccc(C)c1C. The zero-order valence-electron chi connectivity index (χ0n) is 13.8. The molecule has 6 nitrogen and oxygen atoms in total. The lowest BCUT2D eigenvalue weighted by Crippen LogP contribution is -2.21. The molecule has 24 heavy (non-hydrogen) atoms. The molecule has 0 aliphatic carbocycles. The third kappa shape index (κ3) is 4.04. The van der Waals surface area contributed by atoms with Crippen LogP contribution < -0.4 is 14.8 Å². The Bertz CT molecular complexity index is 770. The van der Waals surface area contributed by atoms with Gasteiger partial charge in [-0.05, 0) is 49.2 Å². The van der Waals surface area contributed by atoms with Crippen molar-refractivity contribution in [3.8, 4) is 11.5 Å². The van der Waals surface area contributed by atoms with Crippen molar-refractivity contribution < 1.29 is 24.2 Å². The number of carboxylic acids is 1. The van der Waals surface area contributed by atoms with Gasteiger partial charge in [0.05, 0.1) is 12.7 Å². The summed E-state index contributed by atoms with van der Waals surface area (Å²) in [7, 11) is 1.41. The van der Waals surface area contributed by atoms with Crippen molar-refractivity contribution >= 4 is 17.6 Å². The second-order valence-electron chi connectivity index (χ2n) is 5.26. The molecule has 0 unspecified atom stereocenters. The van der Waals surface area contributed by atoms with E-state index in [-0.39, 0.29) is 23.8 Å². The first kappa shape index (κ1) is 17.3. The van der Waals surface area contributed by atoms with Gasteiger partial charge in [-0.25, -0.2) is 4.79 Å². The number of anilines is 1. The minimum absolute atomic E-state index is 0.0824. The smallest absolute Gasteiger partial charge is 0.335 e. The maximum Gasteiger partial charge on any atom is 0.335 e. The molecular weight excluding hydrogens is 310 g/mol. The molecule has 0 saturated heterocycles. The van der Waals surface area contributed by atoms with Gasteiger partial charge in [0.25, 0.3) is 5.91 Å². The van der Waals surface area contributed by atoms with Crippen molar-refractivity contribution in [2.45, 2.75) is 13.8 Å². The molecule has 0 aliphatic rings. The maximum atomic E-state index is 12.1. The van der Waals surface area contributed by atoms with Gasteiger partial charge in [-0.3, -0.25) is 4.79 Å². The third-order valence-corrected chi connectivity index (χ3v) is 3.65. The van der Waals surface area contributed by atoms with E-state index in [9.17, 15) is 9.59 Å². The molecule has 2 aromatic rings. The van der Waals surface area contributed by atoms with E-state index in [0.29, 0.717) is 5.75 Å². The summed E-state index contributed by atoms with van der Waals surface area (Å²) < 4.78 is 10.5. The van der Waals surface area contributed by atoms with Crippen LogP contribution in [0.15, 0.2) is 36.4 Å². The summed E-state index contributed by atoms with van der Waals surface area (Å²) in [6, 6.07) is 9.86. The molecule has 0 spiro atoms. The summed E-state index contributed by atoms with van der Waals surface area (Å²) in [5, 5.41) is 11.8. The van der Waals surface area contributed by atoms with Gasteiger partial charge in [-0.15, -0.1) is 0 Å². The lowest BCUT2D eigenvalue weighted by Gasteiger charge is -2.13. The normalized spacial score (nSPS) is 10.1. The quantitative estimate of drug-likeness (QED) is 0.851. The highest BCUT2D eigenvalue weighted by atomic mass is 16.5. The highest BCUT2D eigenvalue weighted by Gasteiger charge is 2.12. The number of hydrogen-bond acceptors (Lipinski definition) is 4. The molecule has 0 aliphatic heterocycles. The number of benzene rings is 2. The molecule has 0 heterocycles. The Kier molecular flexibility index (Phi) is 5.42. The molecule has 2 aromatic carbocycles. The van der Waals surface area contributed by atoms with Crippen LogP contribution in [0.4, 0.5) is 5.69 Å². The minimum atomic E-state index is -1.06. The molecule has 0 aromatic heterocycles. The average Bonchev–Trinajstić information content (AvgIpc) is 2.56. The molecule has 1 amide bonds. The number of carbonyl (C=O) groups is 2. The first-order valence-corrected chi connectivity index (χ1v) is 7.32. The molecule has 0 saturated carbocycles. The lowest BCUT2D eigenvalue weighted by molar-refractivity contribution is -0.118. The Hall–Kier alpha value is -3.02. The fourth-order valence-electron chi connectivity index (χ4n) is 2.14. The Morgan fingerprint density at radius 2 is 1.88 bits per heavy atom. The lowest BCUT2D eigenvalue weighted by atomic mass is 10.1. The van der Waals surface area contributed by atoms with Crippen molar-refractivity contribution in [1.82, 2.24) is 0 Å². The number of methoxy groups -OCH3 is 1. The summed E-state index contributed by atoms with van der Waals surface area (Å²) in [4.78, 5) is 23.0. The van der Waals surface area contributed by atoms with Gasteiger partial charge >= 0.3 is 5.97 Å². The number of nitrogens with one attached hydrogen (secondary N) is 1. The van der Waals surface area contributed by atoms with Crippen molar-refractivity contribution in [2.24, 2.45) is 0 Å². The number of aryl methyl sites for hydroxylation is 1. The van der Waals surface area contributed by atoms with Crippen LogP contribution in [-0.2, 0) is 4.79 Å². The van der Waals surface area contributed by atoms with E-state index in [4.69, 9.17) is 14.6 Å². The molecule has 126 valence electrons. The number of carboxylic acid groups (broad SMARTS) is 1. The van der Waals surface area contributed by atoms with E-state index in [2.05, 4.69) is 5.32 Å². The number of ether oxygens (including phenoxy) is 2. The minimum Gasteiger partial charge on any atom is -0.493 e. The highest BCUT2D eigenvalue weighted by Crippen LogP contribution is 2.28. The molecule has 0 atom stereocenters. The summed E-state index contributed by atoms with van der Waals surface area (Å²) in [6.07, 6.45) is 0. The molecule has 0 radical (unpaired) electrons. The average molecular weight is 329 g/mol. The molecular formula is C18H19NO5. The maximum absolute atomic E-state index is 12.1. The van der Waals surface area contributed by atoms with Crippen LogP contribution in [0.5, 0.6) is 11.5 Å². The van der Waals surface area contributed by atoms with Crippen LogP contribution in [0.2, 0.25) is 0 Å². The van der Waals surface area contributed by atoms with E-state index in [1.807, 2.05) is 32.0 Å². The van der Waals surface area contributed by atoms with Gasteiger partial charge in [0.15, 0.2) is 18.1 Å². The van der Waals surface area contributed by atoms with E-state index in [1.54, 1.807) is 0 Å². The van der Waals surface area contributed by atoms with Crippen molar-refractivity contribution in [1.29, 1.82) is 0 Å². The predicted molar refractivity (Wildman–Crippen MR) is 90.0 cm³/mol. The van der Waals surface area contributed by atoms with Crippen LogP contribution in [-0.4, -0.2) is 30.7 Å². The number of amides is 1. The fraction of sp³-hybridized carbons (Fsp3) is 0.222. The zero-order chi connectivity index (χ0) is 17.7. The van der Waals surface area contributed by atoms with Gasteiger partial charge < -0.3 is 19.9 Å². The van der Waals surface area contributed by atoms with Crippen molar-refractivity contribution in [3.63, 3.8) is 0 Å². The van der Waals surface area contributed by atoms with Crippen LogP contribution in [0.25, 0.3) is 0 Å². The van der Waals surface area contributed by atoms with Gasteiger partial charge in [-0.1, -0.05) is 12.1 Å². The number of hydrogen-bond donors (Lipinski definition) is 2. The Morgan fingerprint density at radius 1 is 1.12 bits per heavy atom. The summed E-state index contributed by atoms with van der Waals surface area (Å²) in [5.41, 5.74) is 2.89. The predicted octanol–water partition coefficient (Wildman–Crippen LogP) is 3.03. The van der Waals surface area contributed by atoms with Crippen LogP contribution in [0.3, 0.4) is 0 Å². The van der Waals surface area contributed by atoms with Crippen molar-refractivity contribution in [3.05, 3.63) is 53.1 Å². The van der Waals surface area contributed by atoms with Crippen LogP contribution in [0.1, 0.15) is 21.5 Å². The second-order valence-corrected chi connectivity index (χ2v) is 5.26. The van der Waals surface area contributed by atoms with Crippen molar-refractivity contribution in [2.75, 3.05) is 19.0 Å². The number of carbonyl (C=O) groups excluding carboxylic acids is 1. The first-order valence-electron chi connectivity index (χ1n) is 7.32. The van der Waals surface area contributed by atoms with Gasteiger partial charge in [-0.2, -0.15) is 0 Å². The van der Waals surface area contributed by atoms with Gasteiger partial charge in [0.2, 0.25) is 0 Å². The first-order chi connectivity index (χ1) is 11.4. The Balaban J connectivity index is 2.04. The van der Waals surface area contributed by atoms with E-state index < -0.39 is 5.97 Å². The fourth-order valence-corrected chi connectivity index (χ4v) is 2.14. The van der Waals surface area contributed by atoms with Crippen LogP contribution in [0, 0.1) is 13.8 Å². The number of aromatic carboxylic acids is 1. The molecule has 2 rings (SSSR count). The standard InChI is InChI=1S/C18H19NO5/c1-11-5-4-6-14(12(11)2)19-17(20)10-24-15-8-7-13(18(21)22)9-16(15)23-3/h4-9H,10H2,1-3H3,(H,19,20)(H,21,22). The topological polar surface area (TPSA) is 84.9 Å². The summed E-state index contributed by atoms with van der Waals surface area (Å²) >= 11 is 0. The monoisotopic (exact) mass is 329 g/mol. The van der Waals surface area contributed by atoms with E-state index in [0.717, 1.165) is 16.8 Å². The molecule has 0 fully saturated rings. The molecule has 6 heteroatoms. The Labute approximate surface area is 140 Å². The van der Waals surface area contributed by atoms with E-state index in [1.165, 1.54) is 25.3 Å². The van der Waals surface area contributed by atoms with Gasteiger partial charge in [0, 0.05) is 5.69 Å².